The van der Waals surface area contributed by atoms with E-state index >= 15 is 0 Å². The SMILES string of the molecule is O=C1N[C@H](Cc2ccccc2)C(=O)N[C@H]1Cc1ccccc1. The van der Waals surface area contributed by atoms with Crippen molar-refractivity contribution in [1.29, 1.82) is 0 Å². The second kappa shape index (κ2) is 6.43. The van der Waals surface area contributed by atoms with Gasteiger partial charge < -0.3 is 10.6 Å². The minimum absolute atomic E-state index is 0.121. The highest BCUT2D eigenvalue weighted by Crippen LogP contribution is 2.10. The van der Waals surface area contributed by atoms with Gasteiger partial charge in [-0.3, -0.25) is 9.59 Å². The van der Waals surface area contributed by atoms with E-state index in [9.17, 15) is 9.59 Å². The lowest BCUT2D eigenvalue weighted by Gasteiger charge is -2.29. The predicted molar refractivity (Wildman–Crippen MR) is 84.2 cm³/mol. The number of hydrogen-bond donors (Lipinski definition) is 2. The zero-order valence-corrected chi connectivity index (χ0v) is 12.2. The van der Waals surface area contributed by atoms with Crippen molar-refractivity contribution in [2.24, 2.45) is 0 Å². The van der Waals surface area contributed by atoms with Gasteiger partial charge in [0, 0.05) is 12.8 Å². The maximum absolute atomic E-state index is 12.2. The summed E-state index contributed by atoms with van der Waals surface area (Å²) >= 11 is 0. The first-order valence-corrected chi connectivity index (χ1v) is 7.41. The summed E-state index contributed by atoms with van der Waals surface area (Å²) in [6.45, 7) is 0. The average Bonchev–Trinajstić information content (AvgIpc) is 2.54. The molecule has 2 aromatic carbocycles. The Labute approximate surface area is 129 Å². The maximum atomic E-state index is 12.2. The third kappa shape index (κ3) is 3.34. The van der Waals surface area contributed by atoms with Crippen LogP contribution >= 0.6 is 0 Å². The Morgan fingerprint density at radius 3 is 1.36 bits per heavy atom. The molecule has 3 rings (SSSR count). The van der Waals surface area contributed by atoms with Crippen molar-refractivity contribution in [3.05, 3.63) is 71.8 Å². The molecule has 1 fully saturated rings. The summed E-state index contributed by atoms with van der Waals surface area (Å²) < 4.78 is 0. The number of benzene rings is 2. The number of piperazine rings is 1. The Morgan fingerprint density at radius 1 is 0.636 bits per heavy atom. The van der Waals surface area contributed by atoms with E-state index in [1.807, 2.05) is 60.7 Å². The van der Waals surface area contributed by atoms with Crippen LogP contribution in [0, 0.1) is 0 Å². The van der Waals surface area contributed by atoms with Gasteiger partial charge in [0.05, 0.1) is 0 Å². The van der Waals surface area contributed by atoms with E-state index in [0.717, 1.165) is 11.1 Å². The fraction of sp³-hybridized carbons (Fsp3) is 0.222. The van der Waals surface area contributed by atoms with E-state index < -0.39 is 12.1 Å². The van der Waals surface area contributed by atoms with Crippen LogP contribution in [0.1, 0.15) is 11.1 Å². The van der Waals surface area contributed by atoms with Crippen LogP contribution in [0.5, 0.6) is 0 Å². The van der Waals surface area contributed by atoms with Gasteiger partial charge in [0.2, 0.25) is 11.8 Å². The van der Waals surface area contributed by atoms with Gasteiger partial charge in [-0.05, 0) is 11.1 Å². The van der Waals surface area contributed by atoms with Crippen LogP contribution in [0.2, 0.25) is 0 Å². The quantitative estimate of drug-likeness (QED) is 0.897. The standard InChI is InChI=1S/C18H18N2O2/c21-17-15(11-13-7-3-1-4-8-13)19-18(22)16(20-17)12-14-9-5-2-6-10-14/h1-10,15-16H,11-12H2,(H,19,22)(H,20,21)/t15-,16+. The van der Waals surface area contributed by atoms with Crippen molar-refractivity contribution >= 4 is 11.8 Å². The van der Waals surface area contributed by atoms with Crippen molar-refractivity contribution in [1.82, 2.24) is 10.6 Å². The number of rotatable bonds is 4. The zero-order valence-electron chi connectivity index (χ0n) is 12.2. The number of nitrogens with one attached hydrogen (secondary N) is 2. The molecule has 1 aliphatic heterocycles. The lowest BCUT2D eigenvalue weighted by molar-refractivity contribution is -0.136. The molecule has 0 bridgehead atoms. The van der Waals surface area contributed by atoms with Gasteiger partial charge in [-0.1, -0.05) is 60.7 Å². The van der Waals surface area contributed by atoms with Crippen molar-refractivity contribution in [3.8, 4) is 0 Å². The van der Waals surface area contributed by atoms with Crippen molar-refractivity contribution in [2.45, 2.75) is 24.9 Å². The summed E-state index contributed by atoms with van der Waals surface area (Å²) in [5.41, 5.74) is 2.06. The topological polar surface area (TPSA) is 58.2 Å². The number of carbonyl (C=O) groups is 2. The second-order valence-electron chi connectivity index (χ2n) is 5.50. The first kappa shape index (κ1) is 14.3. The lowest BCUT2D eigenvalue weighted by Crippen LogP contribution is -2.62. The fourth-order valence-corrected chi connectivity index (χ4v) is 2.66. The van der Waals surface area contributed by atoms with E-state index in [1.165, 1.54) is 0 Å². The molecule has 2 atom stereocenters. The van der Waals surface area contributed by atoms with Gasteiger partial charge >= 0.3 is 0 Å². The minimum Gasteiger partial charge on any atom is -0.342 e. The molecule has 22 heavy (non-hydrogen) atoms. The molecule has 112 valence electrons. The summed E-state index contributed by atoms with van der Waals surface area (Å²) in [5.74, 6) is -0.242. The fourth-order valence-electron chi connectivity index (χ4n) is 2.66. The molecule has 0 aliphatic carbocycles. The maximum Gasteiger partial charge on any atom is 0.243 e. The molecule has 4 nitrogen and oxygen atoms in total. The highest BCUT2D eigenvalue weighted by atomic mass is 16.2. The molecule has 1 heterocycles. The first-order valence-electron chi connectivity index (χ1n) is 7.41. The zero-order chi connectivity index (χ0) is 15.4. The van der Waals surface area contributed by atoms with Crippen LogP contribution in [0.3, 0.4) is 0 Å². The molecule has 4 heteroatoms. The average molecular weight is 294 g/mol. The molecule has 1 aliphatic rings. The summed E-state index contributed by atoms with van der Waals surface area (Å²) in [6, 6.07) is 18.4. The Morgan fingerprint density at radius 2 is 1.00 bits per heavy atom. The van der Waals surface area contributed by atoms with Crippen molar-refractivity contribution in [3.63, 3.8) is 0 Å². The van der Waals surface area contributed by atoms with Crippen LogP contribution in [0.4, 0.5) is 0 Å². The van der Waals surface area contributed by atoms with Gasteiger partial charge in [0.15, 0.2) is 0 Å². The normalized spacial score (nSPS) is 21.1. The van der Waals surface area contributed by atoms with Crippen LogP contribution < -0.4 is 10.6 Å². The van der Waals surface area contributed by atoms with Crippen molar-refractivity contribution < 1.29 is 9.59 Å². The van der Waals surface area contributed by atoms with E-state index in [0.29, 0.717) is 12.8 Å². The molecule has 1 saturated heterocycles. The van der Waals surface area contributed by atoms with Gasteiger partial charge in [0.1, 0.15) is 12.1 Å². The Bertz CT molecular complexity index is 596. The van der Waals surface area contributed by atoms with Gasteiger partial charge in [-0.25, -0.2) is 0 Å². The van der Waals surface area contributed by atoms with Crippen LogP contribution in [0.25, 0.3) is 0 Å². The third-order valence-electron chi connectivity index (χ3n) is 3.83. The first-order chi connectivity index (χ1) is 10.7. The molecule has 0 unspecified atom stereocenters. The monoisotopic (exact) mass is 294 g/mol. The second-order valence-corrected chi connectivity index (χ2v) is 5.50. The third-order valence-corrected chi connectivity index (χ3v) is 3.83. The molecule has 2 amide bonds. The highest BCUT2D eigenvalue weighted by molar-refractivity contribution is 5.97. The van der Waals surface area contributed by atoms with E-state index in [4.69, 9.17) is 0 Å². The molecular formula is C18H18N2O2. The van der Waals surface area contributed by atoms with Crippen LogP contribution in [-0.4, -0.2) is 23.9 Å². The van der Waals surface area contributed by atoms with Crippen LogP contribution in [0.15, 0.2) is 60.7 Å². The smallest absolute Gasteiger partial charge is 0.243 e. The summed E-state index contributed by atoms with van der Waals surface area (Å²) in [5, 5.41) is 5.67. The molecule has 0 aromatic heterocycles. The molecule has 0 radical (unpaired) electrons. The summed E-state index contributed by atoms with van der Waals surface area (Å²) in [4.78, 5) is 24.4. The largest absolute Gasteiger partial charge is 0.342 e. The number of carbonyl (C=O) groups excluding carboxylic acids is 2. The molecule has 0 saturated carbocycles. The lowest BCUT2D eigenvalue weighted by atomic mass is 9.99. The Kier molecular flexibility index (Phi) is 4.19. The van der Waals surface area contributed by atoms with E-state index in [2.05, 4.69) is 10.6 Å². The Balaban J connectivity index is 1.64. The minimum atomic E-state index is -0.498. The van der Waals surface area contributed by atoms with E-state index in [1.54, 1.807) is 0 Å². The van der Waals surface area contributed by atoms with Gasteiger partial charge in [-0.15, -0.1) is 0 Å². The molecule has 2 aromatic rings. The van der Waals surface area contributed by atoms with E-state index in [-0.39, 0.29) is 11.8 Å². The molecule has 0 spiro atoms. The summed E-state index contributed by atoms with van der Waals surface area (Å²) in [6.07, 6.45) is 1.02. The summed E-state index contributed by atoms with van der Waals surface area (Å²) in [7, 11) is 0. The highest BCUT2D eigenvalue weighted by Gasteiger charge is 2.33. The van der Waals surface area contributed by atoms with Gasteiger partial charge in [0.25, 0.3) is 0 Å². The van der Waals surface area contributed by atoms with Crippen LogP contribution in [-0.2, 0) is 22.4 Å². The number of amides is 2. The predicted octanol–water partition coefficient (Wildman–Crippen LogP) is 1.45. The van der Waals surface area contributed by atoms with Crippen molar-refractivity contribution in [2.75, 3.05) is 0 Å². The number of hydrogen-bond acceptors (Lipinski definition) is 2. The van der Waals surface area contributed by atoms with Gasteiger partial charge in [-0.2, -0.15) is 0 Å². The molecular weight excluding hydrogens is 276 g/mol. The molecule has 2 N–H and O–H groups in total. The Hall–Kier alpha value is -2.62.